The summed E-state index contributed by atoms with van der Waals surface area (Å²) >= 11 is 0. The van der Waals surface area contributed by atoms with E-state index >= 15 is 0 Å². The molecule has 2 atom stereocenters. The summed E-state index contributed by atoms with van der Waals surface area (Å²) in [5, 5.41) is 0. The lowest BCUT2D eigenvalue weighted by atomic mass is 9.81. The maximum absolute atomic E-state index is 13.3. The average Bonchev–Trinajstić information content (AvgIpc) is 3.17. The van der Waals surface area contributed by atoms with Gasteiger partial charge in [0.25, 0.3) is 0 Å². The van der Waals surface area contributed by atoms with Crippen LogP contribution in [0.3, 0.4) is 0 Å². The molecule has 1 heterocycles. The zero-order chi connectivity index (χ0) is 21.4. The highest BCUT2D eigenvalue weighted by Crippen LogP contribution is 2.43. The molecule has 0 saturated heterocycles. The Labute approximate surface area is 176 Å². The quantitative estimate of drug-likeness (QED) is 0.456. The van der Waals surface area contributed by atoms with Crippen molar-refractivity contribution in [2.75, 3.05) is 0 Å². The number of ketones is 3. The van der Waals surface area contributed by atoms with Gasteiger partial charge in [-0.05, 0) is 44.9 Å². The van der Waals surface area contributed by atoms with Crippen molar-refractivity contribution in [3.05, 3.63) is 88.0 Å². The second kappa shape index (κ2) is 7.86. The summed E-state index contributed by atoms with van der Waals surface area (Å²) in [4.78, 5) is 37.6. The molecule has 2 aromatic carbocycles. The highest BCUT2D eigenvalue weighted by Gasteiger charge is 2.39. The van der Waals surface area contributed by atoms with Gasteiger partial charge in [0.2, 0.25) is 0 Å². The summed E-state index contributed by atoms with van der Waals surface area (Å²) in [7, 11) is 0. The van der Waals surface area contributed by atoms with Crippen LogP contribution in [0, 0.1) is 12.8 Å². The third kappa shape index (κ3) is 3.32. The topological polar surface area (TPSA) is 60.4 Å². The molecule has 0 spiro atoms. The van der Waals surface area contributed by atoms with Crippen LogP contribution in [0.25, 0.3) is 0 Å². The Bertz CT molecular complexity index is 1120. The van der Waals surface area contributed by atoms with Crippen LogP contribution in [0.2, 0.25) is 0 Å². The van der Waals surface area contributed by atoms with Gasteiger partial charge in [-0.1, -0.05) is 42.5 Å². The number of hydrogen-bond donors (Lipinski definition) is 0. The molecule has 30 heavy (non-hydrogen) atoms. The highest BCUT2D eigenvalue weighted by molar-refractivity contribution is 6.29. The second-order valence-corrected chi connectivity index (χ2v) is 7.93. The van der Waals surface area contributed by atoms with Crippen LogP contribution < -0.4 is 4.74 Å². The van der Waals surface area contributed by atoms with Crippen molar-refractivity contribution >= 4 is 17.3 Å². The summed E-state index contributed by atoms with van der Waals surface area (Å²) in [6.07, 6.45) is 8.67. The monoisotopic (exact) mass is 400 g/mol. The summed E-state index contributed by atoms with van der Waals surface area (Å²) < 4.78 is 6.35. The molecule has 0 N–H and O–H groups in total. The fraction of sp³-hybridized carbons (Fsp3) is 0.269. The zero-order valence-electron chi connectivity index (χ0n) is 17.4. The molecule has 0 bridgehead atoms. The molecule has 4 nitrogen and oxygen atoms in total. The van der Waals surface area contributed by atoms with E-state index in [1.54, 1.807) is 30.3 Å². The van der Waals surface area contributed by atoms with Crippen LogP contribution in [-0.4, -0.2) is 23.5 Å². The van der Waals surface area contributed by atoms with Gasteiger partial charge in [0.1, 0.15) is 11.9 Å². The van der Waals surface area contributed by atoms with Crippen molar-refractivity contribution in [3.63, 3.8) is 0 Å². The first-order valence-electron chi connectivity index (χ1n) is 10.2. The van der Waals surface area contributed by atoms with Crippen LogP contribution >= 0.6 is 0 Å². The molecule has 1 aliphatic carbocycles. The van der Waals surface area contributed by atoms with Gasteiger partial charge in [-0.25, -0.2) is 0 Å². The predicted molar refractivity (Wildman–Crippen MR) is 115 cm³/mol. The van der Waals surface area contributed by atoms with Gasteiger partial charge < -0.3 is 4.74 Å². The van der Waals surface area contributed by atoms with Crippen LogP contribution in [0.4, 0.5) is 0 Å². The maximum atomic E-state index is 13.3. The minimum absolute atomic E-state index is 0.0116. The van der Waals surface area contributed by atoms with Gasteiger partial charge in [0.05, 0.1) is 5.56 Å². The molecule has 0 radical (unpaired) electrons. The number of carbonyl (C=O) groups excluding carboxylic acids is 3. The first kappa shape index (κ1) is 20.0. The van der Waals surface area contributed by atoms with Gasteiger partial charge >= 0.3 is 0 Å². The van der Waals surface area contributed by atoms with Crippen LogP contribution in [-0.2, 0) is 11.2 Å². The standard InChI is InChI=1S/C26H24O4/c1-4-8-17(10-7-9-16(3)27)22-14-20-15(2)13-21-23(26(20)30-22)25(29)19-12-6-5-11-18(19)24(21)28/h4-9,11-13,17,22H,10,14H2,1-3H3/b8-4+,9-7+. The minimum Gasteiger partial charge on any atom is -0.488 e. The fourth-order valence-electron chi connectivity index (χ4n) is 4.40. The molecule has 2 unspecified atom stereocenters. The molecular weight excluding hydrogens is 376 g/mol. The van der Waals surface area contributed by atoms with Gasteiger partial charge in [-0.15, -0.1) is 0 Å². The van der Waals surface area contributed by atoms with Gasteiger partial charge in [0, 0.05) is 34.6 Å². The van der Waals surface area contributed by atoms with E-state index in [9.17, 15) is 14.4 Å². The number of benzene rings is 2. The van der Waals surface area contributed by atoms with Gasteiger partial charge in [-0.3, -0.25) is 14.4 Å². The van der Waals surface area contributed by atoms with E-state index in [0.29, 0.717) is 40.8 Å². The molecule has 0 aromatic heterocycles. The van der Waals surface area contributed by atoms with E-state index in [0.717, 1.165) is 11.1 Å². The molecule has 4 heteroatoms. The van der Waals surface area contributed by atoms with Crippen LogP contribution in [0.1, 0.15) is 63.2 Å². The first-order valence-corrected chi connectivity index (χ1v) is 10.2. The Morgan fingerprint density at radius 1 is 1.17 bits per heavy atom. The SMILES string of the molecule is C/C=C/C(C/C=C/C(C)=O)C1Cc2c(C)cc3c(c2O1)C(=O)c1ccccc1C3=O. The normalized spacial score (nSPS) is 18.3. The molecule has 0 fully saturated rings. The lowest BCUT2D eigenvalue weighted by Gasteiger charge is -2.22. The molecule has 152 valence electrons. The van der Waals surface area contributed by atoms with Crippen LogP contribution in [0.5, 0.6) is 5.75 Å². The third-order valence-corrected chi connectivity index (χ3v) is 5.85. The molecule has 0 saturated carbocycles. The number of hydrogen-bond acceptors (Lipinski definition) is 4. The zero-order valence-corrected chi connectivity index (χ0v) is 17.4. The number of carbonyl (C=O) groups is 3. The second-order valence-electron chi connectivity index (χ2n) is 7.93. The van der Waals surface area contributed by atoms with Crippen molar-refractivity contribution in [2.45, 2.75) is 39.7 Å². The summed E-state index contributed by atoms with van der Waals surface area (Å²) in [6, 6.07) is 8.78. The van der Waals surface area contributed by atoms with E-state index in [2.05, 4.69) is 6.08 Å². The summed E-state index contributed by atoms with van der Waals surface area (Å²) in [6.45, 7) is 5.44. The number of fused-ring (bicyclic) bond motifs is 4. The Morgan fingerprint density at radius 2 is 1.87 bits per heavy atom. The number of ether oxygens (including phenoxy) is 1. The van der Waals surface area contributed by atoms with Crippen molar-refractivity contribution in [1.82, 2.24) is 0 Å². The fourth-order valence-corrected chi connectivity index (χ4v) is 4.40. The molecule has 0 amide bonds. The average molecular weight is 400 g/mol. The first-order chi connectivity index (χ1) is 14.4. The number of allylic oxidation sites excluding steroid dienone is 3. The number of rotatable bonds is 5. The van der Waals surface area contributed by atoms with Crippen molar-refractivity contribution < 1.29 is 19.1 Å². The van der Waals surface area contributed by atoms with E-state index < -0.39 is 0 Å². The Balaban J connectivity index is 1.73. The molecule has 2 aromatic rings. The van der Waals surface area contributed by atoms with E-state index in [1.165, 1.54) is 6.92 Å². The van der Waals surface area contributed by atoms with Gasteiger partial charge in [0.15, 0.2) is 17.3 Å². The van der Waals surface area contributed by atoms with E-state index in [4.69, 9.17) is 4.74 Å². The molecule has 4 rings (SSSR count). The van der Waals surface area contributed by atoms with Crippen molar-refractivity contribution in [2.24, 2.45) is 5.92 Å². The molecular formula is C26H24O4. The van der Waals surface area contributed by atoms with Crippen molar-refractivity contribution in [1.29, 1.82) is 0 Å². The lowest BCUT2D eigenvalue weighted by Crippen LogP contribution is -2.25. The Hall–Kier alpha value is -3.27. The van der Waals surface area contributed by atoms with E-state index in [-0.39, 0.29) is 29.4 Å². The highest BCUT2D eigenvalue weighted by atomic mass is 16.5. The predicted octanol–water partition coefficient (Wildman–Crippen LogP) is 4.80. The Kier molecular flexibility index (Phi) is 5.25. The maximum Gasteiger partial charge on any atom is 0.198 e. The number of aryl methyl sites for hydroxylation is 1. The Morgan fingerprint density at radius 3 is 2.53 bits per heavy atom. The summed E-state index contributed by atoms with van der Waals surface area (Å²) in [5.74, 6) is 0.337. The minimum atomic E-state index is -0.156. The van der Waals surface area contributed by atoms with Gasteiger partial charge in [-0.2, -0.15) is 0 Å². The largest absolute Gasteiger partial charge is 0.488 e. The molecule has 1 aliphatic heterocycles. The lowest BCUT2D eigenvalue weighted by molar-refractivity contribution is -0.112. The van der Waals surface area contributed by atoms with Crippen molar-refractivity contribution in [3.8, 4) is 5.75 Å². The van der Waals surface area contributed by atoms with Crippen LogP contribution in [0.15, 0.2) is 54.6 Å². The third-order valence-electron chi connectivity index (χ3n) is 5.85. The smallest absolute Gasteiger partial charge is 0.198 e. The summed E-state index contributed by atoms with van der Waals surface area (Å²) in [5.41, 5.74) is 3.65. The molecule has 2 aliphatic rings. The van der Waals surface area contributed by atoms with E-state index in [1.807, 2.05) is 32.1 Å².